The number of carbonyl (C=O) groups excluding carboxylic acids is 1. The molecule has 1 aliphatic rings. The Morgan fingerprint density at radius 3 is 2.80 bits per heavy atom. The fourth-order valence-electron chi connectivity index (χ4n) is 1.73. The first-order valence-electron chi connectivity index (χ1n) is 4.83. The van der Waals surface area contributed by atoms with E-state index in [1.807, 2.05) is 6.07 Å². The topological polar surface area (TPSA) is 20.3 Å². The molecule has 1 aliphatic heterocycles. The number of benzene rings is 1. The Morgan fingerprint density at radius 1 is 1.33 bits per heavy atom. The molecule has 80 valence electrons. The molecule has 0 atom stereocenters. The van der Waals surface area contributed by atoms with E-state index in [9.17, 15) is 4.79 Å². The van der Waals surface area contributed by atoms with Crippen LogP contribution < -0.4 is 0 Å². The molecule has 1 aromatic rings. The lowest BCUT2D eigenvalue weighted by Crippen LogP contribution is -2.20. The molecule has 2 nitrogen and oxygen atoms in total. The molecular weight excluding hydrogens is 233 g/mol. The molecule has 0 unspecified atom stereocenters. The molecule has 0 amide bonds. The summed E-state index contributed by atoms with van der Waals surface area (Å²) in [6.45, 7) is 2.05. The van der Waals surface area contributed by atoms with Gasteiger partial charge in [-0.05, 0) is 23.8 Å². The van der Waals surface area contributed by atoms with Gasteiger partial charge in [-0.25, -0.2) is 0 Å². The van der Waals surface area contributed by atoms with E-state index in [0.717, 1.165) is 12.1 Å². The van der Waals surface area contributed by atoms with Gasteiger partial charge in [0.1, 0.15) is 5.78 Å². The lowest BCUT2D eigenvalue weighted by Gasteiger charge is -2.14. The average Bonchev–Trinajstić information content (AvgIpc) is 2.58. The summed E-state index contributed by atoms with van der Waals surface area (Å²) in [4.78, 5) is 13.2. The maximum Gasteiger partial charge on any atom is 0.148 e. The van der Waals surface area contributed by atoms with Crippen molar-refractivity contribution in [3.8, 4) is 0 Å². The number of hydrogen-bond acceptors (Lipinski definition) is 2. The van der Waals surface area contributed by atoms with Gasteiger partial charge in [0.2, 0.25) is 0 Å². The van der Waals surface area contributed by atoms with Gasteiger partial charge in [0.15, 0.2) is 0 Å². The van der Waals surface area contributed by atoms with E-state index in [0.29, 0.717) is 35.3 Å². The third-order valence-electron chi connectivity index (χ3n) is 2.51. The molecule has 0 aliphatic carbocycles. The van der Waals surface area contributed by atoms with Crippen LogP contribution in [0.5, 0.6) is 0 Å². The SMILES string of the molecule is O=C1CCN(Cc2cc(Cl)ccc2Cl)C1. The lowest BCUT2D eigenvalue weighted by molar-refractivity contribution is -0.116. The Morgan fingerprint density at radius 2 is 2.13 bits per heavy atom. The van der Waals surface area contributed by atoms with Crippen LogP contribution in [-0.2, 0) is 11.3 Å². The van der Waals surface area contributed by atoms with Gasteiger partial charge in [0, 0.05) is 29.6 Å². The van der Waals surface area contributed by atoms with Crippen LogP contribution >= 0.6 is 23.2 Å². The maximum atomic E-state index is 11.1. The standard InChI is InChI=1S/C11H11Cl2NO/c12-9-1-2-11(13)8(5-9)6-14-4-3-10(15)7-14/h1-2,5H,3-4,6-7H2. The van der Waals surface area contributed by atoms with Crippen LogP contribution in [0.2, 0.25) is 10.0 Å². The molecule has 0 bridgehead atoms. The number of hydrogen-bond donors (Lipinski definition) is 0. The van der Waals surface area contributed by atoms with Gasteiger partial charge in [-0.3, -0.25) is 9.69 Å². The van der Waals surface area contributed by atoms with Gasteiger partial charge in [-0.1, -0.05) is 23.2 Å². The largest absolute Gasteiger partial charge is 0.298 e. The molecule has 0 N–H and O–H groups in total. The fraction of sp³-hybridized carbons (Fsp3) is 0.364. The van der Waals surface area contributed by atoms with Gasteiger partial charge in [-0.2, -0.15) is 0 Å². The molecule has 4 heteroatoms. The number of rotatable bonds is 2. The molecule has 1 saturated heterocycles. The quantitative estimate of drug-likeness (QED) is 0.797. The first kappa shape index (κ1) is 10.9. The minimum Gasteiger partial charge on any atom is -0.298 e. The highest BCUT2D eigenvalue weighted by Crippen LogP contribution is 2.22. The Labute approximate surface area is 98.8 Å². The molecule has 1 fully saturated rings. The summed E-state index contributed by atoms with van der Waals surface area (Å²) in [6, 6.07) is 5.41. The molecule has 2 rings (SSSR count). The molecule has 0 saturated carbocycles. The van der Waals surface area contributed by atoms with Crippen molar-refractivity contribution >= 4 is 29.0 Å². The normalized spacial score (nSPS) is 17.3. The summed E-state index contributed by atoms with van der Waals surface area (Å²) in [5.41, 5.74) is 0.985. The van der Waals surface area contributed by atoms with Crippen molar-refractivity contribution < 1.29 is 4.79 Å². The van der Waals surface area contributed by atoms with Crippen LogP contribution in [0, 0.1) is 0 Å². The van der Waals surface area contributed by atoms with Crippen molar-refractivity contribution in [2.45, 2.75) is 13.0 Å². The summed E-state index contributed by atoms with van der Waals surface area (Å²) in [5.74, 6) is 0.299. The van der Waals surface area contributed by atoms with Crippen LogP contribution in [0.25, 0.3) is 0 Å². The zero-order valence-corrected chi connectivity index (χ0v) is 9.68. The minimum atomic E-state index is 0.299. The number of likely N-dealkylation sites (tertiary alicyclic amines) is 1. The number of halogens is 2. The van der Waals surface area contributed by atoms with Crippen molar-refractivity contribution in [1.82, 2.24) is 4.90 Å². The minimum absolute atomic E-state index is 0.299. The van der Waals surface area contributed by atoms with Crippen LogP contribution in [0.15, 0.2) is 18.2 Å². The monoisotopic (exact) mass is 243 g/mol. The van der Waals surface area contributed by atoms with Crippen LogP contribution in [0.4, 0.5) is 0 Å². The van der Waals surface area contributed by atoms with Gasteiger partial charge in [-0.15, -0.1) is 0 Å². The van der Waals surface area contributed by atoms with Crippen molar-refractivity contribution in [3.63, 3.8) is 0 Å². The Balaban J connectivity index is 2.10. The zero-order chi connectivity index (χ0) is 10.8. The lowest BCUT2D eigenvalue weighted by atomic mass is 10.2. The summed E-state index contributed by atoms with van der Waals surface area (Å²) in [5, 5.41) is 1.39. The van der Waals surface area contributed by atoms with Crippen molar-refractivity contribution in [1.29, 1.82) is 0 Å². The highest BCUT2D eigenvalue weighted by atomic mass is 35.5. The molecule has 0 radical (unpaired) electrons. The Bertz CT molecular complexity index is 392. The van der Waals surface area contributed by atoms with Crippen molar-refractivity contribution in [2.75, 3.05) is 13.1 Å². The van der Waals surface area contributed by atoms with Crippen LogP contribution in [0.1, 0.15) is 12.0 Å². The van der Waals surface area contributed by atoms with E-state index >= 15 is 0 Å². The van der Waals surface area contributed by atoms with Gasteiger partial charge < -0.3 is 0 Å². The highest BCUT2D eigenvalue weighted by molar-refractivity contribution is 6.33. The van der Waals surface area contributed by atoms with E-state index in [2.05, 4.69) is 4.90 Å². The third-order valence-corrected chi connectivity index (χ3v) is 3.11. The summed E-state index contributed by atoms with van der Waals surface area (Å²) >= 11 is 11.9. The molecule has 0 aromatic heterocycles. The Kier molecular flexibility index (Phi) is 3.29. The predicted molar refractivity (Wildman–Crippen MR) is 61.4 cm³/mol. The molecular formula is C11H11Cl2NO. The van der Waals surface area contributed by atoms with Gasteiger partial charge in [0.05, 0.1) is 6.54 Å². The highest BCUT2D eigenvalue weighted by Gasteiger charge is 2.19. The second-order valence-corrected chi connectivity index (χ2v) is 4.58. The second-order valence-electron chi connectivity index (χ2n) is 3.74. The van der Waals surface area contributed by atoms with Crippen molar-refractivity contribution in [3.05, 3.63) is 33.8 Å². The third kappa shape index (κ3) is 2.71. The van der Waals surface area contributed by atoms with E-state index < -0.39 is 0 Å². The predicted octanol–water partition coefficient (Wildman–Crippen LogP) is 2.77. The van der Waals surface area contributed by atoms with E-state index in [4.69, 9.17) is 23.2 Å². The maximum absolute atomic E-state index is 11.1. The van der Waals surface area contributed by atoms with Crippen LogP contribution in [0.3, 0.4) is 0 Å². The van der Waals surface area contributed by atoms with Crippen LogP contribution in [-0.4, -0.2) is 23.8 Å². The molecule has 1 heterocycles. The van der Waals surface area contributed by atoms with E-state index in [1.165, 1.54) is 0 Å². The first-order valence-corrected chi connectivity index (χ1v) is 5.59. The molecule has 1 aromatic carbocycles. The Hall–Kier alpha value is -0.570. The summed E-state index contributed by atoms with van der Waals surface area (Å²) < 4.78 is 0. The summed E-state index contributed by atoms with van der Waals surface area (Å²) in [7, 11) is 0. The molecule has 15 heavy (non-hydrogen) atoms. The first-order chi connectivity index (χ1) is 7.15. The number of nitrogens with zero attached hydrogens (tertiary/aromatic N) is 1. The smallest absolute Gasteiger partial charge is 0.148 e. The number of ketones is 1. The van der Waals surface area contributed by atoms with E-state index in [1.54, 1.807) is 12.1 Å². The van der Waals surface area contributed by atoms with Crippen molar-refractivity contribution in [2.24, 2.45) is 0 Å². The van der Waals surface area contributed by atoms with Gasteiger partial charge in [0.25, 0.3) is 0 Å². The number of carbonyl (C=O) groups is 1. The number of Topliss-reactive ketones (excluding diaryl/α,β-unsaturated/α-hetero) is 1. The average molecular weight is 244 g/mol. The molecule has 0 spiro atoms. The fourth-order valence-corrected chi connectivity index (χ4v) is 2.10. The zero-order valence-electron chi connectivity index (χ0n) is 8.17. The second kappa shape index (κ2) is 4.52. The van der Waals surface area contributed by atoms with Gasteiger partial charge >= 0.3 is 0 Å². The summed E-state index contributed by atoms with van der Waals surface area (Å²) in [6.07, 6.45) is 0.651. The van der Waals surface area contributed by atoms with E-state index in [-0.39, 0.29) is 0 Å².